The smallest absolute Gasteiger partial charge is 0.343 e. The molecule has 3 aromatic carbocycles. The van der Waals surface area contributed by atoms with Gasteiger partial charge >= 0.3 is 11.7 Å². The van der Waals surface area contributed by atoms with E-state index in [0.29, 0.717) is 5.56 Å². The molecular formula is C31H34N4O9. The van der Waals surface area contributed by atoms with Gasteiger partial charge in [-0.2, -0.15) is 5.10 Å². The van der Waals surface area contributed by atoms with Gasteiger partial charge in [0.2, 0.25) is 0 Å². The van der Waals surface area contributed by atoms with E-state index in [0.717, 1.165) is 12.0 Å². The Morgan fingerprint density at radius 3 is 2.14 bits per heavy atom. The molecule has 0 aromatic heterocycles. The largest absolute Gasteiger partial charge is 0.493 e. The number of amides is 1. The number of carbonyl (C=O) groups excluding carboxylic acids is 2. The molecular weight excluding hydrogens is 572 g/mol. The second-order valence-electron chi connectivity index (χ2n) is 11.7. The number of carbonyl (C=O) groups is 2. The third-order valence-electron chi connectivity index (χ3n) is 6.38. The zero-order valence-electron chi connectivity index (χ0n) is 25.3. The van der Waals surface area contributed by atoms with Gasteiger partial charge in [-0.3, -0.25) is 25.0 Å². The summed E-state index contributed by atoms with van der Waals surface area (Å²) < 4.78 is 16.1. The van der Waals surface area contributed by atoms with E-state index in [4.69, 9.17) is 14.2 Å². The minimum Gasteiger partial charge on any atom is -0.493 e. The van der Waals surface area contributed by atoms with Crippen molar-refractivity contribution in [3.63, 3.8) is 0 Å². The van der Waals surface area contributed by atoms with Crippen LogP contribution in [0, 0.1) is 25.6 Å². The van der Waals surface area contributed by atoms with Crippen LogP contribution in [0.3, 0.4) is 0 Å². The molecule has 0 heterocycles. The van der Waals surface area contributed by atoms with E-state index >= 15 is 0 Å². The van der Waals surface area contributed by atoms with Gasteiger partial charge in [0, 0.05) is 18.2 Å². The van der Waals surface area contributed by atoms with E-state index in [-0.39, 0.29) is 45.0 Å². The third-order valence-corrected chi connectivity index (χ3v) is 6.38. The molecule has 0 saturated carbocycles. The van der Waals surface area contributed by atoms with E-state index in [1.165, 1.54) is 61.9 Å². The Bertz CT molecular complexity index is 1580. The Morgan fingerprint density at radius 2 is 1.55 bits per heavy atom. The summed E-state index contributed by atoms with van der Waals surface area (Å²) >= 11 is 0. The number of hydrogen-bond acceptors (Lipinski definition) is 10. The fourth-order valence-corrected chi connectivity index (χ4v) is 4.71. The molecule has 1 N–H and O–H groups in total. The third kappa shape index (κ3) is 9.08. The van der Waals surface area contributed by atoms with Crippen LogP contribution in [-0.2, 0) is 10.2 Å². The molecule has 0 radical (unpaired) electrons. The molecule has 3 aromatic rings. The first-order valence-electron chi connectivity index (χ1n) is 13.5. The van der Waals surface area contributed by atoms with Gasteiger partial charge in [0.15, 0.2) is 23.9 Å². The van der Waals surface area contributed by atoms with Crippen LogP contribution < -0.4 is 19.6 Å². The summed E-state index contributed by atoms with van der Waals surface area (Å²) in [6.45, 7) is 9.87. The summed E-state index contributed by atoms with van der Waals surface area (Å²) in [4.78, 5) is 46.2. The number of rotatable bonds is 12. The van der Waals surface area contributed by atoms with Gasteiger partial charge in [0.1, 0.15) is 0 Å². The summed E-state index contributed by atoms with van der Waals surface area (Å²) in [7, 11) is 1.37. The summed E-state index contributed by atoms with van der Waals surface area (Å²) in [5.41, 5.74) is 2.99. The van der Waals surface area contributed by atoms with Crippen molar-refractivity contribution < 1.29 is 33.6 Å². The van der Waals surface area contributed by atoms with E-state index in [1.807, 2.05) is 13.8 Å². The molecule has 0 unspecified atom stereocenters. The van der Waals surface area contributed by atoms with Gasteiger partial charge in [0.05, 0.1) is 28.7 Å². The van der Waals surface area contributed by atoms with Crippen LogP contribution in [0.4, 0.5) is 11.4 Å². The number of non-ortho nitro benzene ring substituents is 1. The first-order chi connectivity index (χ1) is 20.6. The number of methoxy groups -OCH3 is 1. The lowest BCUT2D eigenvalue weighted by Crippen LogP contribution is -2.26. The van der Waals surface area contributed by atoms with Crippen LogP contribution in [0.25, 0.3) is 0 Å². The molecule has 13 nitrogen and oxygen atoms in total. The number of esters is 1. The second kappa shape index (κ2) is 13.8. The Kier molecular flexibility index (Phi) is 10.4. The molecule has 3 rings (SSSR count). The monoisotopic (exact) mass is 606 g/mol. The molecule has 13 heteroatoms. The van der Waals surface area contributed by atoms with Crippen molar-refractivity contribution in [3.05, 3.63) is 97.6 Å². The minimum atomic E-state index is -0.740. The lowest BCUT2D eigenvalue weighted by Gasteiger charge is -2.33. The zero-order chi connectivity index (χ0) is 32.7. The molecule has 0 saturated heterocycles. The number of benzene rings is 3. The SMILES string of the molecule is COc1cc(/C=N\NC(=O)COc2ccc(C(C)(C)CC(C)(C)C)cc2[N+](=O)[O-])ccc1OC(=O)c1ccc([N+](=O)[O-])cc1. The molecule has 0 spiro atoms. The Balaban J connectivity index is 1.61. The Hall–Kier alpha value is -5.33. The van der Waals surface area contributed by atoms with Crippen LogP contribution in [0.1, 0.15) is 62.5 Å². The second-order valence-corrected chi connectivity index (χ2v) is 11.7. The molecule has 0 aliphatic heterocycles. The van der Waals surface area contributed by atoms with Gasteiger partial charge in [-0.1, -0.05) is 40.7 Å². The van der Waals surface area contributed by atoms with Crippen molar-refractivity contribution in [1.29, 1.82) is 0 Å². The first kappa shape index (κ1) is 33.2. The lowest BCUT2D eigenvalue weighted by molar-refractivity contribution is -0.385. The summed E-state index contributed by atoms with van der Waals surface area (Å²) in [6.07, 6.45) is 2.12. The van der Waals surface area contributed by atoms with E-state index in [9.17, 15) is 29.8 Å². The van der Waals surface area contributed by atoms with Crippen molar-refractivity contribution in [2.75, 3.05) is 13.7 Å². The number of nitrogens with zero attached hydrogens (tertiary/aromatic N) is 3. The Labute approximate surface area is 254 Å². The van der Waals surface area contributed by atoms with Gasteiger partial charge in [-0.05, 0) is 64.8 Å². The topological polar surface area (TPSA) is 172 Å². The van der Waals surface area contributed by atoms with Crippen LogP contribution >= 0.6 is 0 Å². The average molecular weight is 607 g/mol. The minimum absolute atomic E-state index is 0.0171. The highest BCUT2D eigenvalue weighted by atomic mass is 16.6. The number of nitro benzene ring substituents is 2. The number of nitro groups is 2. The van der Waals surface area contributed by atoms with Gasteiger partial charge in [-0.15, -0.1) is 0 Å². The molecule has 0 fully saturated rings. The van der Waals surface area contributed by atoms with Gasteiger partial charge in [0.25, 0.3) is 11.6 Å². The average Bonchev–Trinajstić information content (AvgIpc) is 2.95. The van der Waals surface area contributed by atoms with Crippen molar-refractivity contribution >= 4 is 29.5 Å². The van der Waals surface area contributed by atoms with Crippen molar-refractivity contribution in [2.24, 2.45) is 10.5 Å². The van der Waals surface area contributed by atoms with Crippen LogP contribution in [0.2, 0.25) is 0 Å². The highest BCUT2D eigenvalue weighted by Gasteiger charge is 2.30. The van der Waals surface area contributed by atoms with Crippen LogP contribution in [0.15, 0.2) is 65.8 Å². The number of nitrogens with one attached hydrogen (secondary N) is 1. The van der Waals surface area contributed by atoms with Gasteiger partial charge < -0.3 is 14.2 Å². The van der Waals surface area contributed by atoms with E-state index < -0.39 is 28.3 Å². The van der Waals surface area contributed by atoms with Crippen molar-refractivity contribution in [1.82, 2.24) is 5.43 Å². The molecule has 0 atom stereocenters. The Morgan fingerprint density at radius 1 is 0.886 bits per heavy atom. The quantitative estimate of drug-likeness (QED) is 0.0856. The maximum atomic E-state index is 12.5. The summed E-state index contributed by atoms with van der Waals surface area (Å²) in [6, 6.07) is 14.2. The first-order valence-corrected chi connectivity index (χ1v) is 13.5. The van der Waals surface area contributed by atoms with E-state index in [2.05, 4.69) is 31.3 Å². The predicted molar refractivity (Wildman–Crippen MR) is 162 cm³/mol. The molecule has 0 aliphatic rings. The molecule has 44 heavy (non-hydrogen) atoms. The number of ether oxygens (including phenoxy) is 3. The highest BCUT2D eigenvalue weighted by Crippen LogP contribution is 2.39. The van der Waals surface area contributed by atoms with E-state index in [1.54, 1.807) is 12.1 Å². The summed E-state index contributed by atoms with van der Waals surface area (Å²) in [5, 5.41) is 26.4. The van der Waals surface area contributed by atoms with Crippen LogP contribution in [-0.4, -0.2) is 41.7 Å². The molecule has 232 valence electrons. The maximum Gasteiger partial charge on any atom is 0.343 e. The van der Waals surface area contributed by atoms with Crippen molar-refractivity contribution in [2.45, 2.75) is 46.5 Å². The lowest BCUT2D eigenvalue weighted by atomic mass is 9.72. The molecule has 0 aliphatic carbocycles. The fourth-order valence-electron chi connectivity index (χ4n) is 4.71. The standard InChI is InChI=1S/C31H34N4O9/c1-30(2,3)19-31(4,5)22-10-14-25(24(16-22)35(40)41)43-18-28(36)33-32-17-20-7-13-26(27(15-20)42-6)44-29(37)21-8-11-23(12-9-21)34(38)39/h7-17H,18-19H2,1-6H3,(H,33,36)/b32-17-. The molecule has 0 bridgehead atoms. The maximum absolute atomic E-state index is 12.5. The van der Waals surface area contributed by atoms with Crippen molar-refractivity contribution in [3.8, 4) is 17.2 Å². The predicted octanol–water partition coefficient (Wildman–Crippen LogP) is 5.97. The number of hydrogen-bond donors (Lipinski definition) is 1. The molecule has 1 amide bonds. The highest BCUT2D eigenvalue weighted by molar-refractivity contribution is 5.92. The van der Waals surface area contributed by atoms with Crippen LogP contribution in [0.5, 0.6) is 17.2 Å². The van der Waals surface area contributed by atoms with Gasteiger partial charge in [-0.25, -0.2) is 10.2 Å². The number of hydrazone groups is 1. The zero-order valence-corrected chi connectivity index (χ0v) is 25.3. The normalized spacial score (nSPS) is 11.6. The summed E-state index contributed by atoms with van der Waals surface area (Å²) in [5.74, 6) is -1.13. The fraction of sp³-hybridized carbons (Fsp3) is 0.323.